The minimum atomic E-state index is -0.826. The van der Waals surface area contributed by atoms with E-state index in [1.807, 2.05) is 24.3 Å². The summed E-state index contributed by atoms with van der Waals surface area (Å²) in [7, 11) is 13.2. The third kappa shape index (κ3) is 10.8. The fourth-order valence-corrected chi connectivity index (χ4v) is 3.02. The van der Waals surface area contributed by atoms with Crippen molar-refractivity contribution >= 4 is 17.0 Å². The molecule has 2 nitrogen and oxygen atoms in total. The van der Waals surface area contributed by atoms with Gasteiger partial charge in [-0.15, -0.1) is 0 Å². The first-order chi connectivity index (χ1) is 15.2. The molecule has 0 atom stereocenters. The first-order valence-corrected chi connectivity index (χ1v) is 16.1. The van der Waals surface area contributed by atoms with Crippen LogP contribution in [0, 0.1) is 63.2 Å². The van der Waals surface area contributed by atoms with Gasteiger partial charge in [-0.3, -0.25) is 0 Å². The number of methoxy groups -OCH3 is 2. The van der Waals surface area contributed by atoms with Crippen LogP contribution in [0.1, 0.15) is 11.1 Å². The van der Waals surface area contributed by atoms with E-state index in [2.05, 4.69) is 75.6 Å². The van der Waals surface area contributed by atoms with Crippen molar-refractivity contribution in [1.29, 1.82) is 0 Å². The Bertz CT molecular complexity index is 633. The Labute approximate surface area is 207 Å². The average molecular weight is 533 g/mol. The van der Waals surface area contributed by atoms with Crippen molar-refractivity contribution in [1.82, 2.24) is 0 Å². The van der Waals surface area contributed by atoms with Gasteiger partial charge in [-0.1, -0.05) is 24.3 Å². The SMILES string of the molecule is COc1ccc(C[C]2[CH][CH][CH][CH]2)cc1.COc1ccc(C[C]2[CH][CH][CH][CH]2)cc1.[Cl][Zr+2][Cl]. The Hall–Kier alpha value is -0.497. The van der Waals surface area contributed by atoms with E-state index in [9.17, 15) is 0 Å². The van der Waals surface area contributed by atoms with Gasteiger partial charge < -0.3 is 9.47 Å². The van der Waals surface area contributed by atoms with Crippen molar-refractivity contribution in [2.75, 3.05) is 14.2 Å². The molecule has 10 radical (unpaired) electrons. The van der Waals surface area contributed by atoms with Gasteiger partial charge in [0, 0.05) is 0 Å². The van der Waals surface area contributed by atoms with Gasteiger partial charge in [-0.05, 0) is 111 Å². The van der Waals surface area contributed by atoms with E-state index in [1.54, 1.807) is 14.2 Å². The Kier molecular flexibility index (Phi) is 14.0. The van der Waals surface area contributed by atoms with Crippen molar-refractivity contribution in [3.8, 4) is 11.5 Å². The van der Waals surface area contributed by atoms with Crippen molar-refractivity contribution in [2.24, 2.45) is 0 Å². The third-order valence-electron chi connectivity index (χ3n) is 4.60. The fourth-order valence-electron chi connectivity index (χ4n) is 3.02. The predicted octanol–water partition coefficient (Wildman–Crippen LogP) is 6.66. The summed E-state index contributed by atoms with van der Waals surface area (Å²) in [4.78, 5) is 0. The van der Waals surface area contributed by atoms with E-state index in [-0.39, 0.29) is 0 Å². The molecule has 0 N–H and O–H groups in total. The third-order valence-corrected chi connectivity index (χ3v) is 4.60. The zero-order valence-electron chi connectivity index (χ0n) is 17.7. The predicted molar refractivity (Wildman–Crippen MR) is 126 cm³/mol. The molecular formula is C26H26Cl2O2Zr+2. The molecule has 0 unspecified atom stereocenters. The van der Waals surface area contributed by atoms with Gasteiger partial charge in [-0.2, -0.15) is 0 Å². The zero-order valence-corrected chi connectivity index (χ0v) is 21.7. The van der Waals surface area contributed by atoms with Crippen molar-refractivity contribution < 1.29 is 30.3 Å². The maximum absolute atomic E-state index is 5.10. The summed E-state index contributed by atoms with van der Waals surface area (Å²) >= 11 is -0.826. The summed E-state index contributed by atoms with van der Waals surface area (Å²) in [5.41, 5.74) is 2.63. The van der Waals surface area contributed by atoms with E-state index in [0.717, 1.165) is 24.3 Å². The number of ether oxygens (including phenoxy) is 2. The van der Waals surface area contributed by atoms with Crippen LogP contribution in [-0.4, -0.2) is 14.2 Å². The summed E-state index contributed by atoms with van der Waals surface area (Å²) in [6.07, 6.45) is 18.8. The second kappa shape index (κ2) is 16.2. The van der Waals surface area contributed by atoms with E-state index in [4.69, 9.17) is 26.5 Å². The molecule has 2 saturated carbocycles. The molecule has 0 aromatic heterocycles. The van der Waals surface area contributed by atoms with Crippen molar-refractivity contribution in [2.45, 2.75) is 12.8 Å². The molecule has 2 aliphatic carbocycles. The molecule has 0 spiro atoms. The second-order valence-electron chi connectivity index (χ2n) is 6.71. The van der Waals surface area contributed by atoms with Crippen LogP contribution in [-0.2, 0) is 33.7 Å². The van der Waals surface area contributed by atoms with Gasteiger partial charge in [0.25, 0.3) is 0 Å². The molecule has 31 heavy (non-hydrogen) atoms. The van der Waals surface area contributed by atoms with Gasteiger partial charge in [0.05, 0.1) is 14.2 Å². The van der Waals surface area contributed by atoms with Crippen LogP contribution in [0.5, 0.6) is 11.5 Å². The molecule has 2 aromatic rings. The van der Waals surface area contributed by atoms with E-state index in [1.165, 1.54) is 23.0 Å². The van der Waals surface area contributed by atoms with Crippen LogP contribution >= 0.6 is 17.0 Å². The monoisotopic (exact) mass is 530 g/mol. The van der Waals surface area contributed by atoms with Crippen LogP contribution < -0.4 is 9.47 Å². The fraction of sp³-hybridized carbons (Fsp3) is 0.154. The average Bonchev–Trinajstić information content (AvgIpc) is 3.50. The van der Waals surface area contributed by atoms with Gasteiger partial charge in [0.15, 0.2) is 0 Å². The zero-order chi connectivity index (χ0) is 22.3. The van der Waals surface area contributed by atoms with Crippen LogP contribution in [0.2, 0.25) is 0 Å². The summed E-state index contributed by atoms with van der Waals surface area (Å²) in [6.45, 7) is 0. The molecule has 0 heterocycles. The summed E-state index contributed by atoms with van der Waals surface area (Å²) in [6, 6.07) is 16.4. The Morgan fingerprint density at radius 2 is 0.871 bits per heavy atom. The Morgan fingerprint density at radius 1 is 0.581 bits per heavy atom. The quantitative estimate of drug-likeness (QED) is 0.414. The van der Waals surface area contributed by atoms with Gasteiger partial charge in [0.1, 0.15) is 11.5 Å². The molecule has 2 aliphatic rings. The van der Waals surface area contributed by atoms with Crippen LogP contribution in [0.25, 0.3) is 0 Å². The van der Waals surface area contributed by atoms with Gasteiger partial charge in [0.2, 0.25) is 0 Å². The number of rotatable bonds is 6. The van der Waals surface area contributed by atoms with Crippen LogP contribution in [0.3, 0.4) is 0 Å². The standard InChI is InChI=1S/2C13H13O.2ClH.Zr/c2*1-14-13-8-6-12(7-9-13)10-11-4-2-3-5-11;;;/h2*2-9H,10H2,1H3;2*1H;/q;;;;+4/p-2. The normalized spacial score (nSPS) is 15.9. The first kappa shape index (κ1) is 26.8. The van der Waals surface area contributed by atoms with Gasteiger partial charge in [-0.25, -0.2) is 0 Å². The number of halogens is 2. The van der Waals surface area contributed by atoms with Crippen LogP contribution in [0.4, 0.5) is 0 Å². The summed E-state index contributed by atoms with van der Waals surface area (Å²) in [5, 5.41) is 0. The number of hydrogen-bond donors (Lipinski definition) is 0. The molecule has 2 fully saturated rings. The molecule has 0 aliphatic heterocycles. The molecule has 0 saturated heterocycles. The minimum absolute atomic E-state index is 0.826. The molecule has 0 amide bonds. The molecular weight excluding hydrogens is 506 g/mol. The summed E-state index contributed by atoms with van der Waals surface area (Å²) < 4.78 is 10.2. The Morgan fingerprint density at radius 3 is 1.13 bits per heavy atom. The van der Waals surface area contributed by atoms with Crippen molar-refractivity contribution in [3.63, 3.8) is 0 Å². The summed E-state index contributed by atoms with van der Waals surface area (Å²) in [5.74, 6) is 4.54. The topological polar surface area (TPSA) is 18.5 Å². The first-order valence-electron chi connectivity index (χ1n) is 9.81. The maximum atomic E-state index is 5.10. The second-order valence-corrected chi connectivity index (χ2v) is 10.4. The van der Waals surface area contributed by atoms with E-state index >= 15 is 0 Å². The molecule has 5 heteroatoms. The van der Waals surface area contributed by atoms with E-state index in [0.29, 0.717) is 0 Å². The molecule has 158 valence electrons. The number of hydrogen-bond acceptors (Lipinski definition) is 2. The van der Waals surface area contributed by atoms with Crippen molar-refractivity contribution in [3.05, 3.63) is 123 Å². The van der Waals surface area contributed by atoms with E-state index < -0.39 is 20.8 Å². The van der Waals surface area contributed by atoms with Crippen LogP contribution in [0.15, 0.2) is 48.5 Å². The Balaban J connectivity index is 0.000000196. The molecule has 2 aromatic carbocycles. The van der Waals surface area contributed by atoms with Gasteiger partial charge >= 0.3 is 37.9 Å². The number of benzene rings is 2. The molecule has 0 bridgehead atoms. The molecule has 4 rings (SSSR count).